The molecule has 1 amide bonds. The number of fused-ring (bicyclic) bond motifs is 3. The van der Waals surface area contributed by atoms with Crippen LogP contribution < -0.4 is 5.32 Å². The maximum atomic E-state index is 12.8. The lowest BCUT2D eigenvalue weighted by molar-refractivity contribution is 0.0943. The lowest BCUT2D eigenvalue weighted by Crippen LogP contribution is -2.36. The van der Waals surface area contributed by atoms with Crippen molar-refractivity contribution >= 4 is 15.7 Å². The summed E-state index contributed by atoms with van der Waals surface area (Å²) in [7, 11) is -1.73. The van der Waals surface area contributed by atoms with Crippen molar-refractivity contribution in [2.75, 3.05) is 26.2 Å². The number of hydrogen-bond donors (Lipinski definition) is 1. The summed E-state index contributed by atoms with van der Waals surface area (Å²) in [6.45, 7) is 6.05. The van der Waals surface area contributed by atoms with Gasteiger partial charge in [0.1, 0.15) is 0 Å². The van der Waals surface area contributed by atoms with Gasteiger partial charge in [0.05, 0.1) is 16.3 Å². The van der Waals surface area contributed by atoms with Crippen LogP contribution in [-0.4, -0.2) is 55.2 Å². The fraction of sp³-hybridized carbons (Fsp3) is 0.524. The Morgan fingerprint density at radius 1 is 1.31 bits per heavy atom. The van der Waals surface area contributed by atoms with Crippen molar-refractivity contribution in [1.29, 1.82) is 0 Å². The normalized spacial score (nSPS) is 20.7. The van der Waals surface area contributed by atoms with Crippen LogP contribution in [0.15, 0.2) is 29.2 Å². The minimum absolute atomic E-state index is 0.193. The number of sulfone groups is 1. The molecule has 1 fully saturated rings. The molecule has 3 heterocycles. The number of piperidine rings is 1. The first-order chi connectivity index (χ1) is 13.9. The molecular weight excluding hydrogens is 388 g/mol. The third-order valence-electron chi connectivity index (χ3n) is 5.85. The predicted octanol–water partition coefficient (Wildman–Crippen LogP) is 2.23. The van der Waals surface area contributed by atoms with Crippen LogP contribution in [-0.2, 0) is 22.6 Å². The quantitative estimate of drug-likeness (QED) is 0.756. The van der Waals surface area contributed by atoms with Crippen molar-refractivity contribution in [3.63, 3.8) is 0 Å². The molecule has 0 unspecified atom stereocenters. The number of hydrogen-bond acceptors (Lipinski definition) is 5. The van der Waals surface area contributed by atoms with E-state index in [9.17, 15) is 13.2 Å². The van der Waals surface area contributed by atoms with Gasteiger partial charge in [0, 0.05) is 31.3 Å². The number of nitrogens with zero attached hydrogens (tertiary/aromatic N) is 3. The second-order valence-corrected chi connectivity index (χ2v) is 10.2. The van der Waals surface area contributed by atoms with Crippen LogP contribution in [0.5, 0.6) is 0 Å². The molecular formula is C21H28N4O3S. The Kier molecular flexibility index (Phi) is 5.48. The number of likely N-dealkylation sites (tertiary alicyclic amines) is 1. The zero-order valence-corrected chi connectivity index (χ0v) is 17.8. The number of rotatable bonds is 5. The number of aryl methyl sites for hydroxylation is 1. The summed E-state index contributed by atoms with van der Waals surface area (Å²) in [5.41, 5.74) is 2.03. The summed E-state index contributed by atoms with van der Waals surface area (Å²) in [5, 5.41) is 7.29. The Balaban J connectivity index is 1.46. The molecule has 156 valence electrons. The Morgan fingerprint density at radius 3 is 2.90 bits per heavy atom. The van der Waals surface area contributed by atoms with E-state index in [4.69, 9.17) is 0 Å². The van der Waals surface area contributed by atoms with Crippen molar-refractivity contribution in [2.24, 2.45) is 13.0 Å². The molecule has 1 saturated heterocycles. The van der Waals surface area contributed by atoms with Gasteiger partial charge in [0.15, 0.2) is 15.5 Å². The fourth-order valence-electron chi connectivity index (χ4n) is 4.50. The van der Waals surface area contributed by atoms with Crippen molar-refractivity contribution in [2.45, 2.75) is 36.8 Å². The number of nitrogens with one attached hydrogen (secondary N) is 1. The van der Waals surface area contributed by atoms with E-state index in [2.05, 4.69) is 22.2 Å². The molecule has 1 N–H and O–H groups in total. The van der Waals surface area contributed by atoms with Gasteiger partial charge in [-0.25, -0.2) is 8.42 Å². The summed E-state index contributed by atoms with van der Waals surface area (Å²) in [5.74, 6) is 0.244. The third kappa shape index (κ3) is 3.96. The number of amides is 1. The van der Waals surface area contributed by atoms with E-state index in [0.717, 1.165) is 32.0 Å². The molecule has 0 bridgehead atoms. The highest BCUT2D eigenvalue weighted by Gasteiger charge is 2.34. The monoisotopic (exact) mass is 416 g/mol. The highest BCUT2D eigenvalue weighted by Crippen LogP contribution is 2.38. The number of benzene rings is 1. The summed E-state index contributed by atoms with van der Waals surface area (Å²) >= 11 is 0. The van der Waals surface area contributed by atoms with Crippen molar-refractivity contribution in [1.82, 2.24) is 20.0 Å². The molecule has 0 radical (unpaired) electrons. The first-order valence-electron chi connectivity index (χ1n) is 10.3. The number of aromatic nitrogens is 2. The van der Waals surface area contributed by atoms with Gasteiger partial charge in [-0.3, -0.25) is 9.48 Å². The molecule has 7 nitrogen and oxygen atoms in total. The zero-order chi connectivity index (χ0) is 20.6. The lowest BCUT2D eigenvalue weighted by Gasteiger charge is -2.30. The van der Waals surface area contributed by atoms with Crippen LogP contribution in [0.2, 0.25) is 0 Å². The average molecular weight is 417 g/mol. The van der Waals surface area contributed by atoms with Crippen LogP contribution in [0, 0.1) is 5.92 Å². The summed E-state index contributed by atoms with van der Waals surface area (Å²) in [6, 6.07) is 6.90. The summed E-state index contributed by atoms with van der Waals surface area (Å²) in [6.07, 6.45) is 3.40. The van der Waals surface area contributed by atoms with Gasteiger partial charge >= 0.3 is 0 Å². The Morgan fingerprint density at radius 2 is 2.10 bits per heavy atom. The van der Waals surface area contributed by atoms with Crippen LogP contribution in [0.3, 0.4) is 0 Å². The smallest absolute Gasteiger partial charge is 0.272 e. The third-order valence-corrected chi connectivity index (χ3v) is 7.54. The standard InChI is InChI=1S/C21H28N4O3S/c1-15-7-5-11-25(13-15)12-6-10-22-21(26)19-17-14-29(27,28)18-9-4-3-8-16(18)20(17)24(2)23-19/h3-4,8-9,15H,5-7,10-14H2,1-2H3,(H,22,26)/t15-/m1/s1. The topological polar surface area (TPSA) is 84.3 Å². The molecule has 2 aliphatic heterocycles. The van der Waals surface area contributed by atoms with Gasteiger partial charge in [-0.05, 0) is 44.3 Å². The van der Waals surface area contributed by atoms with Crippen LogP contribution in [0.1, 0.15) is 42.2 Å². The average Bonchev–Trinajstić information content (AvgIpc) is 3.01. The van der Waals surface area contributed by atoms with Crippen LogP contribution in [0.25, 0.3) is 11.3 Å². The van der Waals surface area contributed by atoms with Gasteiger partial charge in [0.25, 0.3) is 5.91 Å². The maximum absolute atomic E-state index is 12.8. The van der Waals surface area contributed by atoms with E-state index in [1.807, 2.05) is 0 Å². The number of carbonyl (C=O) groups is 1. The van der Waals surface area contributed by atoms with E-state index < -0.39 is 9.84 Å². The summed E-state index contributed by atoms with van der Waals surface area (Å²) in [4.78, 5) is 15.5. The van der Waals surface area contributed by atoms with E-state index in [1.165, 1.54) is 12.8 Å². The number of carbonyl (C=O) groups excluding carboxylic acids is 1. The minimum Gasteiger partial charge on any atom is -0.351 e. The van der Waals surface area contributed by atoms with E-state index >= 15 is 0 Å². The van der Waals surface area contributed by atoms with E-state index in [0.29, 0.717) is 28.3 Å². The minimum atomic E-state index is -3.48. The van der Waals surface area contributed by atoms with Gasteiger partial charge < -0.3 is 10.2 Å². The molecule has 2 aromatic rings. The first-order valence-corrected chi connectivity index (χ1v) is 11.9. The molecule has 8 heteroatoms. The molecule has 1 aromatic heterocycles. The lowest BCUT2D eigenvalue weighted by atomic mass is 10.0. The molecule has 1 aromatic carbocycles. The molecule has 0 aliphatic carbocycles. The van der Waals surface area contributed by atoms with E-state index in [1.54, 1.807) is 36.0 Å². The van der Waals surface area contributed by atoms with Gasteiger partial charge in [0.2, 0.25) is 0 Å². The second-order valence-electron chi connectivity index (χ2n) is 8.21. The van der Waals surface area contributed by atoms with Crippen LogP contribution in [0.4, 0.5) is 0 Å². The molecule has 0 saturated carbocycles. The zero-order valence-electron chi connectivity index (χ0n) is 17.0. The van der Waals surface area contributed by atoms with Crippen molar-refractivity contribution in [3.8, 4) is 11.3 Å². The highest BCUT2D eigenvalue weighted by molar-refractivity contribution is 7.90. The summed E-state index contributed by atoms with van der Waals surface area (Å²) < 4.78 is 27.0. The van der Waals surface area contributed by atoms with Crippen LogP contribution >= 0.6 is 0 Å². The SMILES string of the molecule is C[C@@H]1CCCN(CCCNC(=O)c2nn(C)c3c2CS(=O)(=O)c2ccccc2-3)C1. The molecule has 4 rings (SSSR count). The van der Waals surface area contributed by atoms with Gasteiger partial charge in [-0.2, -0.15) is 5.10 Å². The predicted molar refractivity (Wildman–Crippen MR) is 111 cm³/mol. The van der Waals surface area contributed by atoms with Crippen molar-refractivity contribution < 1.29 is 13.2 Å². The Hall–Kier alpha value is -2.19. The second kappa shape index (κ2) is 7.91. The fourth-order valence-corrected chi connectivity index (χ4v) is 6.10. The highest BCUT2D eigenvalue weighted by atomic mass is 32.2. The largest absolute Gasteiger partial charge is 0.351 e. The maximum Gasteiger partial charge on any atom is 0.272 e. The molecule has 1 atom stereocenters. The Labute approximate surface area is 172 Å². The van der Waals surface area contributed by atoms with Gasteiger partial charge in [-0.1, -0.05) is 25.1 Å². The van der Waals surface area contributed by atoms with Crippen molar-refractivity contribution in [3.05, 3.63) is 35.5 Å². The molecule has 29 heavy (non-hydrogen) atoms. The van der Waals surface area contributed by atoms with E-state index in [-0.39, 0.29) is 17.4 Å². The molecule has 0 spiro atoms. The molecule has 2 aliphatic rings. The first kappa shape index (κ1) is 20.1. The Bertz CT molecular complexity index is 1030. The van der Waals surface area contributed by atoms with Gasteiger partial charge in [-0.15, -0.1) is 0 Å².